The van der Waals surface area contributed by atoms with Crippen LogP contribution in [0.4, 0.5) is 0 Å². The molecule has 2 amide bonds. The molecule has 1 aliphatic heterocycles. The van der Waals surface area contributed by atoms with Crippen molar-refractivity contribution in [2.24, 2.45) is 5.92 Å². The molecule has 0 aromatic carbocycles. The number of carboxylic acid groups (broad SMARTS) is 1. The molecular weight excluding hydrogens is 432 g/mol. The summed E-state index contributed by atoms with van der Waals surface area (Å²) < 4.78 is 31.1. The first kappa shape index (κ1) is 26.5. The monoisotopic (exact) mass is 462 g/mol. The van der Waals surface area contributed by atoms with Crippen molar-refractivity contribution >= 4 is 28.3 Å². The Hall–Kier alpha value is -2.58. The van der Waals surface area contributed by atoms with Crippen LogP contribution in [0.15, 0.2) is 12.7 Å². The number of aromatic nitrogens is 3. The van der Waals surface area contributed by atoms with Gasteiger partial charge in [0.15, 0.2) is 0 Å². The second-order valence-electron chi connectivity index (χ2n) is 6.85. The molecule has 2 rings (SSSR count). The van der Waals surface area contributed by atoms with E-state index in [-0.39, 0.29) is 44.5 Å². The van der Waals surface area contributed by atoms with Crippen molar-refractivity contribution in [1.82, 2.24) is 29.3 Å². The smallest absolute Gasteiger partial charge is 0.290 e. The lowest BCUT2D eigenvalue weighted by molar-refractivity contribution is -0.133. The minimum atomic E-state index is -3.28. The van der Waals surface area contributed by atoms with E-state index in [9.17, 15) is 18.0 Å². The minimum Gasteiger partial charge on any atom is -0.483 e. The molecular formula is C17H30N6O7S. The Bertz CT molecular complexity index is 787. The van der Waals surface area contributed by atoms with E-state index in [1.54, 1.807) is 15.9 Å². The van der Waals surface area contributed by atoms with E-state index in [2.05, 4.69) is 15.4 Å². The molecule has 1 saturated heterocycles. The standard InChI is InChI=1S/C16H28N6O5S.CH2O2/c1-20(28(2,25)26)7-5-18-16(24)14-10-21(8-9-27-11-14)15(23)4-3-6-22-13-17-12-19-22;2-1-3/h12-14H,3-11H2,1-2H3,(H,18,24);1H,(H,2,3). The highest BCUT2D eigenvalue weighted by Crippen LogP contribution is 2.10. The Kier molecular flexibility index (Phi) is 11.7. The second-order valence-corrected chi connectivity index (χ2v) is 8.94. The van der Waals surface area contributed by atoms with Crippen molar-refractivity contribution in [2.75, 3.05) is 52.7 Å². The number of rotatable bonds is 9. The van der Waals surface area contributed by atoms with Crippen LogP contribution in [0.25, 0.3) is 0 Å². The fraction of sp³-hybridized carbons (Fsp3) is 0.706. The third kappa shape index (κ3) is 10.3. The lowest BCUT2D eigenvalue weighted by atomic mass is 10.1. The molecule has 1 aromatic heterocycles. The molecule has 31 heavy (non-hydrogen) atoms. The van der Waals surface area contributed by atoms with Crippen molar-refractivity contribution in [3.05, 3.63) is 12.7 Å². The Balaban J connectivity index is 0.00000151. The van der Waals surface area contributed by atoms with Crippen LogP contribution < -0.4 is 5.32 Å². The number of sulfonamides is 1. The van der Waals surface area contributed by atoms with Crippen LogP contribution in [-0.4, -0.2) is 108 Å². The summed E-state index contributed by atoms with van der Waals surface area (Å²) in [5.74, 6) is -0.755. The number of aryl methyl sites for hydroxylation is 1. The molecule has 1 aromatic rings. The average molecular weight is 463 g/mol. The molecule has 1 atom stereocenters. The Labute approximate surface area is 181 Å². The molecule has 1 unspecified atom stereocenters. The molecule has 1 fully saturated rings. The van der Waals surface area contributed by atoms with Gasteiger partial charge in [0, 0.05) is 46.2 Å². The van der Waals surface area contributed by atoms with Gasteiger partial charge in [0.05, 0.1) is 25.4 Å². The zero-order valence-corrected chi connectivity index (χ0v) is 18.5. The average Bonchev–Trinajstić information content (AvgIpc) is 3.09. The van der Waals surface area contributed by atoms with Gasteiger partial charge in [0.25, 0.3) is 6.47 Å². The summed E-state index contributed by atoms with van der Waals surface area (Å²) in [6.07, 6.45) is 5.15. The van der Waals surface area contributed by atoms with Gasteiger partial charge in [-0.1, -0.05) is 0 Å². The summed E-state index contributed by atoms with van der Waals surface area (Å²) in [6, 6.07) is 0. The van der Waals surface area contributed by atoms with Crippen molar-refractivity contribution in [3.8, 4) is 0 Å². The molecule has 0 aliphatic carbocycles. The lowest BCUT2D eigenvalue weighted by Gasteiger charge is -2.23. The number of ether oxygens (including phenoxy) is 1. The fourth-order valence-corrected chi connectivity index (χ4v) is 3.16. The Morgan fingerprint density at radius 3 is 2.74 bits per heavy atom. The highest BCUT2D eigenvalue weighted by atomic mass is 32.2. The molecule has 2 heterocycles. The van der Waals surface area contributed by atoms with Crippen molar-refractivity contribution in [1.29, 1.82) is 0 Å². The van der Waals surface area contributed by atoms with Crippen LogP contribution in [0.2, 0.25) is 0 Å². The van der Waals surface area contributed by atoms with Crippen LogP contribution in [0.1, 0.15) is 12.8 Å². The summed E-state index contributed by atoms with van der Waals surface area (Å²) in [4.78, 5) is 38.8. The predicted molar refractivity (Wildman–Crippen MR) is 109 cm³/mol. The molecule has 0 spiro atoms. The lowest BCUT2D eigenvalue weighted by Crippen LogP contribution is -2.43. The number of nitrogens with one attached hydrogen (secondary N) is 1. The molecule has 13 nitrogen and oxygen atoms in total. The van der Waals surface area contributed by atoms with E-state index < -0.39 is 15.9 Å². The third-order valence-electron chi connectivity index (χ3n) is 4.53. The van der Waals surface area contributed by atoms with Crippen LogP contribution in [0.5, 0.6) is 0 Å². The van der Waals surface area contributed by atoms with Gasteiger partial charge in [-0.3, -0.25) is 19.1 Å². The minimum absolute atomic E-state index is 0.0276. The van der Waals surface area contributed by atoms with E-state index in [4.69, 9.17) is 14.6 Å². The maximum absolute atomic E-state index is 12.5. The van der Waals surface area contributed by atoms with E-state index in [0.717, 1.165) is 6.26 Å². The zero-order chi connectivity index (χ0) is 23.3. The zero-order valence-electron chi connectivity index (χ0n) is 17.7. The Morgan fingerprint density at radius 1 is 1.42 bits per heavy atom. The predicted octanol–water partition coefficient (Wildman–Crippen LogP) is -1.76. The van der Waals surface area contributed by atoms with Crippen LogP contribution in [0, 0.1) is 5.92 Å². The number of carbonyl (C=O) groups excluding carboxylic acids is 2. The number of hydrogen-bond acceptors (Lipinski definition) is 8. The molecule has 0 radical (unpaired) electrons. The summed E-state index contributed by atoms with van der Waals surface area (Å²) in [7, 11) is -1.83. The van der Waals surface area contributed by atoms with Crippen molar-refractivity contribution < 1.29 is 32.6 Å². The fourth-order valence-electron chi connectivity index (χ4n) is 2.74. The van der Waals surface area contributed by atoms with Gasteiger partial charge in [-0.15, -0.1) is 0 Å². The summed E-state index contributed by atoms with van der Waals surface area (Å²) in [5, 5.41) is 13.6. The highest BCUT2D eigenvalue weighted by molar-refractivity contribution is 7.88. The van der Waals surface area contributed by atoms with Gasteiger partial charge in [0.1, 0.15) is 12.7 Å². The molecule has 176 valence electrons. The quantitative estimate of drug-likeness (QED) is 0.405. The second kappa shape index (κ2) is 13.7. The molecule has 14 heteroatoms. The summed E-state index contributed by atoms with van der Waals surface area (Å²) in [6.45, 7) is 2.09. The number of hydrogen-bond donors (Lipinski definition) is 2. The number of carbonyl (C=O) groups is 3. The van der Waals surface area contributed by atoms with E-state index >= 15 is 0 Å². The highest BCUT2D eigenvalue weighted by Gasteiger charge is 2.27. The van der Waals surface area contributed by atoms with Gasteiger partial charge in [-0.25, -0.2) is 17.7 Å². The summed E-state index contributed by atoms with van der Waals surface area (Å²) >= 11 is 0. The van der Waals surface area contributed by atoms with Crippen LogP contribution >= 0.6 is 0 Å². The SMILES string of the molecule is CN(CCNC(=O)C1COCCN(C(=O)CCCn2cncn2)C1)S(C)(=O)=O.O=CO. The maximum atomic E-state index is 12.5. The first-order valence-electron chi connectivity index (χ1n) is 9.63. The van der Waals surface area contributed by atoms with Gasteiger partial charge in [0.2, 0.25) is 21.8 Å². The van der Waals surface area contributed by atoms with Crippen molar-refractivity contribution in [2.45, 2.75) is 19.4 Å². The first-order chi connectivity index (χ1) is 14.7. The number of likely N-dealkylation sites (N-methyl/N-ethyl adjacent to an activating group) is 1. The van der Waals surface area contributed by atoms with Gasteiger partial charge < -0.3 is 20.1 Å². The number of amides is 2. The van der Waals surface area contributed by atoms with Crippen LogP contribution in [0.3, 0.4) is 0 Å². The maximum Gasteiger partial charge on any atom is 0.290 e. The molecule has 1 aliphatic rings. The Morgan fingerprint density at radius 2 is 2.13 bits per heavy atom. The molecule has 2 N–H and O–H groups in total. The first-order valence-corrected chi connectivity index (χ1v) is 11.5. The van der Waals surface area contributed by atoms with E-state index in [0.29, 0.717) is 32.5 Å². The molecule has 0 bridgehead atoms. The molecule has 0 saturated carbocycles. The largest absolute Gasteiger partial charge is 0.483 e. The normalized spacial score (nSPS) is 16.7. The van der Waals surface area contributed by atoms with Crippen LogP contribution in [-0.2, 0) is 35.7 Å². The third-order valence-corrected chi connectivity index (χ3v) is 5.84. The summed E-state index contributed by atoms with van der Waals surface area (Å²) in [5.41, 5.74) is 0. The number of nitrogens with zero attached hydrogens (tertiary/aromatic N) is 5. The van der Waals surface area contributed by atoms with Gasteiger partial charge in [-0.05, 0) is 6.42 Å². The van der Waals surface area contributed by atoms with Gasteiger partial charge >= 0.3 is 0 Å². The van der Waals surface area contributed by atoms with Crippen molar-refractivity contribution in [3.63, 3.8) is 0 Å². The van der Waals surface area contributed by atoms with E-state index in [1.165, 1.54) is 17.7 Å². The van der Waals surface area contributed by atoms with Gasteiger partial charge in [-0.2, -0.15) is 5.10 Å². The van der Waals surface area contributed by atoms with E-state index in [1.807, 2.05) is 0 Å². The topological polar surface area (TPSA) is 164 Å².